The van der Waals surface area contributed by atoms with Crippen molar-refractivity contribution in [1.82, 2.24) is 15.1 Å². The van der Waals surface area contributed by atoms with Crippen LogP contribution in [0.1, 0.15) is 24.4 Å². The summed E-state index contributed by atoms with van der Waals surface area (Å²) in [6, 6.07) is 1.98. The van der Waals surface area contributed by atoms with Gasteiger partial charge in [0.05, 0.1) is 11.4 Å². The lowest BCUT2D eigenvalue weighted by Crippen LogP contribution is -2.18. The smallest absolute Gasteiger partial charge is 0.111 e. The first-order valence-electron chi connectivity index (χ1n) is 4.40. The largest absolute Gasteiger partial charge is 0.302 e. The molecule has 0 spiro atoms. The zero-order chi connectivity index (χ0) is 9.84. The Bertz CT molecular complexity index is 319. The predicted octanol–water partition coefficient (Wildman–Crippen LogP) is 1.11. The molecule has 0 saturated carbocycles. The van der Waals surface area contributed by atoms with Crippen molar-refractivity contribution in [3.63, 3.8) is 0 Å². The van der Waals surface area contributed by atoms with Crippen LogP contribution in [0.15, 0.2) is 6.07 Å². The van der Waals surface area contributed by atoms with Crippen molar-refractivity contribution in [2.45, 2.75) is 26.4 Å². The highest BCUT2D eigenvalue weighted by Crippen LogP contribution is 2.12. The highest BCUT2D eigenvalue weighted by Gasteiger charge is 2.11. The van der Waals surface area contributed by atoms with Gasteiger partial charge >= 0.3 is 0 Å². The molecule has 1 unspecified atom stereocenters. The second-order valence-corrected chi connectivity index (χ2v) is 2.91. The molecule has 0 aromatic carbocycles. The second-order valence-electron chi connectivity index (χ2n) is 2.91. The van der Waals surface area contributed by atoms with E-state index in [0.29, 0.717) is 0 Å². The van der Waals surface area contributed by atoms with E-state index in [1.54, 1.807) is 0 Å². The molecular weight excluding hydrogens is 162 g/mol. The standard InChI is InChI=1S/C10H15N3/c1-5-9(11-4)10-7-8(3)12-13(10)6-2/h1,7,9,11H,6H2,2-4H3. The van der Waals surface area contributed by atoms with E-state index in [1.165, 1.54) is 0 Å². The summed E-state index contributed by atoms with van der Waals surface area (Å²) in [7, 11) is 1.85. The molecule has 3 heteroatoms. The number of nitrogens with one attached hydrogen (secondary N) is 1. The Morgan fingerprint density at radius 2 is 2.46 bits per heavy atom. The minimum absolute atomic E-state index is 0.0406. The molecule has 1 aromatic heterocycles. The summed E-state index contributed by atoms with van der Waals surface area (Å²) in [4.78, 5) is 0. The third-order valence-electron chi connectivity index (χ3n) is 1.98. The lowest BCUT2D eigenvalue weighted by atomic mass is 10.2. The molecule has 0 saturated heterocycles. The molecule has 0 fully saturated rings. The number of terminal acetylenes is 1. The van der Waals surface area contributed by atoms with E-state index in [9.17, 15) is 0 Å². The van der Waals surface area contributed by atoms with Crippen molar-refractivity contribution in [1.29, 1.82) is 0 Å². The fourth-order valence-electron chi connectivity index (χ4n) is 1.37. The fourth-order valence-corrected chi connectivity index (χ4v) is 1.37. The van der Waals surface area contributed by atoms with Gasteiger partial charge in [0.1, 0.15) is 6.04 Å². The van der Waals surface area contributed by atoms with Crippen molar-refractivity contribution in [2.24, 2.45) is 0 Å². The lowest BCUT2D eigenvalue weighted by molar-refractivity contribution is 0.577. The molecule has 0 bridgehead atoms. The van der Waals surface area contributed by atoms with Crippen LogP contribution in [0.3, 0.4) is 0 Å². The Hall–Kier alpha value is -1.27. The number of aromatic nitrogens is 2. The van der Waals surface area contributed by atoms with Gasteiger partial charge in [-0.2, -0.15) is 5.10 Å². The van der Waals surface area contributed by atoms with E-state index in [4.69, 9.17) is 6.42 Å². The van der Waals surface area contributed by atoms with Crippen molar-refractivity contribution in [2.75, 3.05) is 7.05 Å². The summed E-state index contributed by atoms with van der Waals surface area (Å²) in [6.07, 6.45) is 5.39. The highest BCUT2D eigenvalue weighted by atomic mass is 15.3. The first-order chi connectivity index (χ1) is 6.22. The maximum Gasteiger partial charge on any atom is 0.111 e. The van der Waals surface area contributed by atoms with Crippen LogP contribution in [0.5, 0.6) is 0 Å². The van der Waals surface area contributed by atoms with E-state index in [1.807, 2.05) is 24.7 Å². The zero-order valence-corrected chi connectivity index (χ0v) is 8.33. The van der Waals surface area contributed by atoms with Gasteiger partial charge in [-0.05, 0) is 27.0 Å². The van der Waals surface area contributed by atoms with E-state index >= 15 is 0 Å². The van der Waals surface area contributed by atoms with Crippen LogP contribution in [0.25, 0.3) is 0 Å². The van der Waals surface area contributed by atoms with Gasteiger partial charge in [-0.25, -0.2) is 0 Å². The molecule has 13 heavy (non-hydrogen) atoms. The van der Waals surface area contributed by atoms with Crippen molar-refractivity contribution < 1.29 is 0 Å². The molecule has 0 aliphatic carbocycles. The van der Waals surface area contributed by atoms with Crippen LogP contribution in [0, 0.1) is 19.3 Å². The van der Waals surface area contributed by atoms with Gasteiger partial charge in [0.25, 0.3) is 0 Å². The van der Waals surface area contributed by atoms with Gasteiger partial charge in [-0.3, -0.25) is 4.68 Å². The second kappa shape index (κ2) is 4.11. The van der Waals surface area contributed by atoms with Crippen LogP contribution < -0.4 is 5.32 Å². The van der Waals surface area contributed by atoms with E-state index < -0.39 is 0 Å². The summed E-state index contributed by atoms with van der Waals surface area (Å²) < 4.78 is 1.93. The Morgan fingerprint density at radius 3 is 2.92 bits per heavy atom. The molecule has 70 valence electrons. The summed E-state index contributed by atoms with van der Waals surface area (Å²) >= 11 is 0. The summed E-state index contributed by atoms with van der Waals surface area (Å²) in [6.45, 7) is 4.88. The van der Waals surface area contributed by atoms with Crippen LogP contribution in [0.4, 0.5) is 0 Å². The van der Waals surface area contributed by atoms with Gasteiger partial charge < -0.3 is 5.32 Å². The van der Waals surface area contributed by atoms with Crippen molar-refractivity contribution in [3.05, 3.63) is 17.5 Å². The third kappa shape index (κ3) is 1.90. The van der Waals surface area contributed by atoms with Crippen LogP contribution >= 0.6 is 0 Å². The average Bonchev–Trinajstić information content (AvgIpc) is 2.49. The van der Waals surface area contributed by atoms with E-state index in [2.05, 4.69) is 23.3 Å². The maximum atomic E-state index is 5.39. The van der Waals surface area contributed by atoms with Gasteiger partial charge in [-0.15, -0.1) is 6.42 Å². The third-order valence-corrected chi connectivity index (χ3v) is 1.98. The topological polar surface area (TPSA) is 29.9 Å². The molecule has 1 heterocycles. The van der Waals surface area contributed by atoms with E-state index in [0.717, 1.165) is 17.9 Å². The van der Waals surface area contributed by atoms with Crippen molar-refractivity contribution in [3.8, 4) is 12.3 Å². The summed E-state index contributed by atoms with van der Waals surface area (Å²) in [5.41, 5.74) is 2.07. The Kier molecular flexibility index (Phi) is 3.10. The van der Waals surface area contributed by atoms with Gasteiger partial charge in [-0.1, -0.05) is 5.92 Å². The lowest BCUT2D eigenvalue weighted by Gasteiger charge is -2.10. The van der Waals surface area contributed by atoms with E-state index in [-0.39, 0.29) is 6.04 Å². The maximum absolute atomic E-state index is 5.39. The molecule has 0 amide bonds. The number of nitrogens with zero attached hydrogens (tertiary/aromatic N) is 2. The minimum atomic E-state index is -0.0406. The predicted molar refractivity (Wildman–Crippen MR) is 53.3 cm³/mol. The van der Waals surface area contributed by atoms with Gasteiger partial charge in [0.15, 0.2) is 0 Å². The van der Waals surface area contributed by atoms with Gasteiger partial charge in [0, 0.05) is 6.54 Å². The SMILES string of the molecule is C#CC(NC)c1cc(C)nn1CC. The molecule has 1 atom stereocenters. The molecular formula is C10H15N3. The van der Waals surface area contributed by atoms with Crippen LogP contribution in [-0.4, -0.2) is 16.8 Å². The Labute approximate surface area is 79.1 Å². The highest BCUT2D eigenvalue weighted by molar-refractivity contribution is 5.20. The van der Waals surface area contributed by atoms with Crippen molar-refractivity contribution >= 4 is 0 Å². The monoisotopic (exact) mass is 177 g/mol. The average molecular weight is 177 g/mol. The Morgan fingerprint density at radius 1 is 1.77 bits per heavy atom. The molecule has 1 aromatic rings. The summed E-state index contributed by atoms with van der Waals surface area (Å²) in [5, 5.41) is 7.39. The number of rotatable bonds is 3. The number of hydrogen-bond donors (Lipinski definition) is 1. The molecule has 3 nitrogen and oxygen atoms in total. The molecule has 0 aliphatic heterocycles. The summed E-state index contributed by atoms with van der Waals surface area (Å²) in [5.74, 6) is 2.68. The fraction of sp³-hybridized carbons (Fsp3) is 0.500. The first-order valence-corrected chi connectivity index (χ1v) is 4.40. The quantitative estimate of drug-likeness (QED) is 0.701. The normalized spacial score (nSPS) is 12.5. The minimum Gasteiger partial charge on any atom is -0.302 e. The molecule has 0 radical (unpaired) electrons. The van der Waals surface area contributed by atoms with Gasteiger partial charge in [0.2, 0.25) is 0 Å². The van der Waals surface area contributed by atoms with Crippen LogP contribution in [0.2, 0.25) is 0 Å². The number of aryl methyl sites for hydroxylation is 2. The molecule has 1 N–H and O–H groups in total. The molecule has 1 rings (SSSR count). The number of hydrogen-bond acceptors (Lipinski definition) is 2. The zero-order valence-electron chi connectivity index (χ0n) is 8.33. The van der Waals surface area contributed by atoms with Crippen LogP contribution in [-0.2, 0) is 6.54 Å². The Balaban J connectivity index is 3.05. The molecule has 0 aliphatic rings. The first kappa shape index (κ1) is 9.82.